The summed E-state index contributed by atoms with van der Waals surface area (Å²) >= 11 is 6.04. The number of hydrogen-bond acceptors (Lipinski definition) is 5. The Balaban J connectivity index is 3.22. The molecule has 0 unspecified atom stereocenters. The lowest BCUT2D eigenvalue weighted by molar-refractivity contribution is -0.137. The molecule has 1 rings (SSSR count). The number of nitrogens with one attached hydrogen (secondary N) is 2. The van der Waals surface area contributed by atoms with Gasteiger partial charge in [-0.05, 0) is 26.3 Å². The lowest BCUT2D eigenvalue weighted by Gasteiger charge is -2.26. The third kappa shape index (κ3) is 6.18. The smallest absolute Gasteiger partial charge is 0.303 e. The molecule has 10 heteroatoms. The molecule has 140 valence electrons. The van der Waals surface area contributed by atoms with Crippen LogP contribution in [0.2, 0.25) is 5.02 Å². The van der Waals surface area contributed by atoms with Crippen molar-refractivity contribution < 1.29 is 27.9 Å². The normalized spacial score (nSPS) is 11.9. The second-order valence-electron chi connectivity index (χ2n) is 6.05. The summed E-state index contributed by atoms with van der Waals surface area (Å²) in [5.41, 5.74) is -0.777. The zero-order chi connectivity index (χ0) is 19.4. The Morgan fingerprint density at radius 1 is 1.32 bits per heavy atom. The van der Waals surface area contributed by atoms with Crippen LogP contribution < -0.4 is 14.8 Å². The van der Waals surface area contributed by atoms with Gasteiger partial charge < -0.3 is 15.2 Å². The quantitative estimate of drug-likeness (QED) is 0.623. The molecular weight excluding hydrogens is 372 g/mol. The summed E-state index contributed by atoms with van der Waals surface area (Å²) in [6, 6.07) is 2.48. The maximum absolute atomic E-state index is 12.7. The number of carboxylic acids is 1. The summed E-state index contributed by atoms with van der Waals surface area (Å²) in [4.78, 5) is 21.7. The Bertz CT molecular complexity index is 776. The van der Waals surface area contributed by atoms with Crippen molar-refractivity contribution in [3.8, 4) is 5.75 Å². The van der Waals surface area contributed by atoms with Crippen molar-refractivity contribution >= 4 is 39.2 Å². The maximum atomic E-state index is 12.7. The first-order valence-electron chi connectivity index (χ1n) is 7.29. The third-order valence-electron chi connectivity index (χ3n) is 3.23. The first-order valence-corrected chi connectivity index (χ1v) is 9.15. The maximum Gasteiger partial charge on any atom is 0.303 e. The standard InChI is InChI=1S/C15H21ClN2O6S/c1-9(19)17-11-8-12(24-4)13(7-10(11)16)25(22,23)18-15(2,3)6-5-14(20)21/h7-8,18H,5-6H2,1-4H3,(H,17,19)(H,20,21). The van der Waals surface area contributed by atoms with Crippen LogP contribution in [0.4, 0.5) is 5.69 Å². The predicted octanol–water partition coefficient (Wildman–Crippen LogP) is 2.23. The summed E-state index contributed by atoms with van der Waals surface area (Å²) < 4.78 is 32.9. The van der Waals surface area contributed by atoms with Crippen LogP contribution in [0.1, 0.15) is 33.6 Å². The number of sulfonamides is 1. The monoisotopic (exact) mass is 392 g/mol. The third-order valence-corrected chi connectivity index (χ3v) is 5.26. The van der Waals surface area contributed by atoms with E-state index in [1.165, 1.54) is 26.2 Å². The molecule has 8 nitrogen and oxygen atoms in total. The average Bonchev–Trinajstić information content (AvgIpc) is 2.45. The molecule has 1 amide bonds. The highest BCUT2D eigenvalue weighted by atomic mass is 35.5. The number of carboxylic acid groups (broad SMARTS) is 1. The number of amides is 1. The van der Waals surface area contributed by atoms with Gasteiger partial charge in [-0.2, -0.15) is 0 Å². The Labute approximate surface area is 151 Å². The minimum absolute atomic E-state index is 0.00492. The second kappa shape index (κ2) is 8.03. The van der Waals surface area contributed by atoms with Crippen LogP contribution in [0.15, 0.2) is 17.0 Å². The Kier molecular flexibility index (Phi) is 6.81. The summed E-state index contributed by atoms with van der Waals surface area (Å²) in [5, 5.41) is 11.3. The highest BCUT2D eigenvalue weighted by molar-refractivity contribution is 7.89. The first kappa shape index (κ1) is 21.2. The molecule has 3 N–H and O–H groups in total. The summed E-state index contributed by atoms with van der Waals surface area (Å²) in [7, 11) is -2.75. The first-order chi connectivity index (χ1) is 11.4. The molecule has 0 bridgehead atoms. The molecular formula is C15H21ClN2O6S. The number of carbonyl (C=O) groups excluding carboxylic acids is 1. The molecule has 0 aliphatic carbocycles. The predicted molar refractivity (Wildman–Crippen MR) is 93.6 cm³/mol. The Morgan fingerprint density at radius 3 is 2.40 bits per heavy atom. The number of hydrogen-bond donors (Lipinski definition) is 3. The molecule has 0 radical (unpaired) electrons. The van der Waals surface area contributed by atoms with E-state index in [4.69, 9.17) is 21.4 Å². The zero-order valence-corrected chi connectivity index (χ0v) is 15.9. The van der Waals surface area contributed by atoms with Crippen LogP contribution in [-0.2, 0) is 19.6 Å². The van der Waals surface area contributed by atoms with Gasteiger partial charge in [0.2, 0.25) is 15.9 Å². The average molecular weight is 393 g/mol. The summed E-state index contributed by atoms with van der Waals surface area (Å²) in [6.45, 7) is 4.44. The van der Waals surface area contributed by atoms with Crippen LogP contribution in [0.5, 0.6) is 5.75 Å². The lowest BCUT2D eigenvalue weighted by Crippen LogP contribution is -2.43. The molecule has 1 aromatic carbocycles. The topological polar surface area (TPSA) is 122 Å². The molecule has 25 heavy (non-hydrogen) atoms. The van der Waals surface area contributed by atoms with E-state index in [-0.39, 0.29) is 40.1 Å². The van der Waals surface area contributed by atoms with Gasteiger partial charge in [0.25, 0.3) is 0 Å². The number of rotatable bonds is 8. The van der Waals surface area contributed by atoms with Crippen molar-refractivity contribution in [1.82, 2.24) is 4.72 Å². The van der Waals surface area contributed by atoms with Crippen molar-refractivity contribution in [3.05, 3.63) is 17.2 Å². The second-order valence-corrected chi connectivity index (χ2v) is 8.11. The summed E-state index contributed by atoms with van der Waals surface area (Å²) in [6.07, 6.45) is -0.0868. The fraction of sp³-hybridized carbons (Fsp3) is 0.467. The zero-order valence-electron chi connectivity index (χ0n) is 14.3. The van der Waals surface area contributed by atoms with Crippen molar-refractivity contribution in [2.45, 2.75) is 44.0 Å². The van der Waals surface area contributed by atoms with Gasteiger partial charge >= 0.3 is 5.97 Å². The van der Waals surface area contributed by atoms with Gasteiger partial charge in [-0.25, -0.2) is 13.1 Å². The number of anilines is 1. The van der Waals surface area contributed by atoms with E-state index in [2.05, 4.69) is 10.0 Å². The fourth-order valence-electron chi connectivity index (χ4n) is 2.08. The number of halogens is 1. The van der Waals surface area contributed by atoms with E-state index in [0.29, 0.717) is 0 Å². The van der Waals surface area contributed by atoms with Gasteiger partial charge in [0.1, 0.15) is 10.6 Å². The Morgan fingerprint density at radius 2 is 1.92 bits per heavy atom. The molecule has 0 fully saturated rings. The highest BCUT2D eigenvalue weighted by Gasteiger charge is 2.29. The molecule has 0 spiro atoms. The van der Waals surface area contributed by atoms with E-state index < -0.39 is 21.5 Å². The van der Waals surface area contributed by atoms with Crippen LogP contribution in [0.25, 0.3) is 0 Å². The largest absolute Gasteiger partial charge is 0.495 e. The van der Waals surface area contributed by atoms with Gasteiger partial charge in [-0.15, -0.1) is 0 Å². The van der Waals surface area contributed by atoms with E-state index in [9.17, 15) is 18.0 Å². The molecule has 0 aliphatic heterocycles. The molecule has 0 atom stereocenters. The number of benzene rings is 1. The van der Waals surface area contributed by atoms with Gasteiger partial charge in [0.05, 0.1) is 17.8 Å². The van der Waals surface area contributed by atoms with Crippen molar-refractivity contribution in [2.75, 3.05) is 12.4 Å². The number of aliphatic carboxylic acids is 1. The van der Waals surface area contributed by atoms with Crippen LogP contribution >= 0.6 is 11.6 Å². The molecule has 0 saturated heterocycles. The van der Waals surface area contributed by atoms with Crippen molar-refractivity contribution in [2.24, 2.45) is 0 Å². The van der Waals surface area contributed by atoms with E-state index in [1.807, 2.05) is 0 Å². The van der Waals surface area contributed by atoms with Gasteiger partial charge in [0.15, 0.2) is 0 Å². The van der Waals surface area contributed by atoms with Crippen LogP contribution in [-0.4, -0.2) is 38.0 Å². The minimum Gasteiger partial charge on any atom is -0.495 e. The van der Waals surface area contributed by atoms with E-state index in [1.54, 1.807) is 13.8 Å². The van der Waals surface area contributed by atoms with Gasteiger partial charge in [0, 0.05) is 24.9 Å². The highest BCUT2D eigenvalue weighted by Crippen LogP contribution is 2.34. The van der Waals surface area contributed by atoms with E-state index in [0.717, 1.165) is 0 Å². The molecule has 0 saturated carbocycles. The summed E-state index contributed by atoms with van der Waals surface area (Å²) in [5.74, 6) is -1.39. The fourth-order valence-corrected chi connectivity index (χ4v) is 3.97. The molecule has 1 aromatic rings. The SMILES string of the molecule is COc1cc(NC(C)=O)c(Cl)cc1S(=O)(=O)NC(C)(C)CCC(=O)O. The number of methoxy groups -OCH3 is 1. The van der Waals surface area contributed by atoms with Crippen LogP contribution in [0.3, 0.4) is 0 Å². The van der Waals surface area contributed by atoms with Crippen molar-refractivity contribution in [3.63, 3.8) is 0 Å². The molecule has 0 aliphatic rings. The minimum atomic E-state index is -4.04. The molecule has 0 aromatic heterocycles. The number of ether oxygens (including phenoxy) is 1. The Hall–Kier alpha value is -1.84. The van der Waals surface area contributed by atoms with Crippen LogP contribution in [0, 0.1) is 0 Å². The van der Waals surface area contributed by atoms with Gasteiger partial charge in [-0.1, -0.05) is 11.6 Å². The van der Waals surface area contributed by atoms with Crippen molar-refractivity contribution in [1.29, 1.82) is 0 Å². The molecule has 0 heterocycles. The van der Waals surface area contributed by atoms with Gasteiger partial charge in [-0.3, -0.25) is 9.59 Å². The lowest BCUT2D eigenvalue weighted by atomic mass is 10.0. The van der Waals surface area contributed by atoms with E-state index >= 15 is 0 Å². The number of carbonyl (C=O) groups is 2.